The molecule has 31 heavy (non-hydrogen) atoms. The number of benzene rings is 2. The van der Waals surface area contributed by atoms with Gasteiger partial charge >= 0.3 is 5.97 Å². The third kappa shape index (κ3) is 3.26. The predicted molar refractivity (Wildman–Crippen MR) is 111 cm³/mol. The fourth-order valence-corrected chi connectivity index (χ4v) is 4.14. The SMILES string of the molecule is COc1cc(-c2c([C@H]3OC(=O)[C@@H](C)[C@H]3C)cc3c(c2OC)OCO3)cc(OC)c1OC. The largest absolute Gasteiger partial charge is 0.493 e. The summed E-state index contributed by atoms with van der Waals surface area (Å²) in [5.74, 6) is 2.49. The minimum Gasteiger partial charge on any atom is -0.493 e. The maximum absolute atomic E-state index is 12.3. The summed E-state index contributed by atoms with van der Waals surface area (Å²) in [5, 5.41) is 0. The lowest BCUT2D eigenvalue weighted by Crippen LogP contribution is -2.11. The van der Waals surface area contributed by atoms with E-state index >= 15 is 0 Å². The Labute approximate surface area is 180 Å². The summed E-state index contributed by atoms with van der Waals surface area (Å²) in [7, 11) is 6.23. The summed E-state index contributed by atoms with van der Waals surface area (Å²) >= 11 is 0. The van der Waals surface area contributed by atoms with Crippen LogP contribution in [-0.2, 0) is 9.53 Å². The van der Waals surface area contributed by atoms with E-state index in [4.69, 9.17) is 33.2 Å². The molecule has 2 aliphatic rings. The number of fused-ring (bicyclic) bond motifs is 1. The predicted octanol–water partition coefficient (Wildman–Crippen LogP) is 3.99. The molecule has 2 heterocycles. The van der Waals surface area contributed by atoms with Crippen LogP contribution >= 0.6 is 0 Å². The Hall–Kier alpha value is -3.29. The lowest BCUT2D eigenvalue weighted by molar-refractivity contribution is -0.144. The molecule has 8 heteroatoms. The fraction of sp³-hybridized carbons (Fsp3) is 0.435. The topological polar surface area (TPSA) is 81.7 Å². The van der Waals surface area contributed by atoms with Crippen LogP contribution in [0, 0.1) is 11.8 Å². The van der Waals surface area contributed by atoms with Gasteiger partial charge in [0.15, 0.2) is 23.0 Å². The highest BCUT2D eigenvalue weighted by molar-refractivity contribution is 5.84. The van der Waals surface area contributed by atoms with Crippen LogP contribution in [0.4, 0.5) is 0 Å². The smallest absolute Gasteiger partial charge is 0.309 e. The minimum atomic E-state index is -0.472. The van der Waals surface area contributed by atoms with Crippen molar-refractivity contribution < 1.29 is 38.0 Å². The van der Waals surface area contributed by atoms with Gasteiger partial charge in [-0.3, -0.25) is 4.79 Å². The molecule has 0 N–H and O–H groups in total. The molecule has 0 saturated carbocycles. The zero-order valence-corrected chi connectivity index (χ0v) is 18.4. The van der Waals surface area contributed by atoms with E-state index in [-0.39, 0.29) is 24.6 Å². The van der Waals surface area contributed by atoms with Gasteiger partial charge in [-0.2, -0.15) is 0 Å². The molecule has 0 radical (unpaired) electrons. The minimum absolute atomic E-state index is 0.0432. The van der Waals surface area contributed by atoms with E-state index in [0.717, 1.165) is 11.1 Å². The van der Waals surface area contributed by atoms with Crippen LogP contribution in [0.25, 0.3) is 11.1 Å². The molecule has 3 atom stereocenters. The molecular weight excluding hydrogens is 404 g/mol. The number of hydrogen-bond donors (Lipinski definition) is 0. The van der Waals surface area contributed by atoms with Crippen LogP contribution < -0.4 is 28.4 Å². The highest BCUT2D eigenvalue weighted by atomic mass is 16.7. The van der Waals surface area contributed by atoms with Crippen molar-refractivity contribution >= 4 is 5.97 Å². The van der Waals surface area contributed by atoms with Crippen molar-refractivity contribution in [2.75, 3.05) is 35.2 Å². The molecule has 1 fully saturated rings. The van der Waals surface area contributed by atoms with Crippen molar-refractivity contribution in [1.29, 1.82) is 0 Å². The van der Waals surface area contributed by atoms with Gasteiger partial charge in [0.2, 0.25) is 18.3 Å². The van der Waals surface area contributed by atoms with Crippen LogP contribution in [0.3, 0.4) is 0 Å². The van der Waals surface area contributed by atoms with Crippen LogP contribution in [-0.4, -0.2) is 41.2 Å². The number of cyclic esters (lactones) is 1. The first-order valence-electron chi connectivity index (χ1n) is 9.96. The van der Waals surface area contributed by atoms with Crippen LogP contribution in [0.15, 0.2) is 18.2 Å². The number of hydrogen-bond acceptors (Lipinski definition) is 8. The Morgan fingerprint density at radius 3 is 2.03 bits per heavy atom. The Kier molecular flexibility index (Phi) is 5.47. The summed E-state index contributed by atoms with van der Waals surface area (Å²) in [4.78, 5) is 12.3. The molecule has 2 aromatic carbocycles. The molecule has 166 valence electrons. The van der Waals surface area contributed by atoms with E-state index in [0.29, 0.717) is 40.1 Å². The number of methoxy groups -OCH3 is 4. The lowest BCUT2D eigenvalue weighted by atomic mass is 9.85. The van der Waals surface area contributed by atoms with Crippen LogP contribution in [0.2, 0.25) is 0 Å². The lowest BCUT2D eigenvalue weighted by Gasteiger charge is -2.23. The molecule has 8 nitrogen and oxygen atoms in total. The van der Waals surface area contributed by atoms with Crippen LogP contribution in [0.5, 0.6) is 34.5 Å². The first-order valence-corrected chi connectivity index (χ1v) is 9.96. The molecule has 0 amide bonds. The Morgan fingerprint density at radius 2 is 1.52 bits per heavy atom. The molecule has 0 aliphatic carbocycles. The van der Waals surface area contributed by atoms with Gasteiger partial charge in [0.05, 0.1) is 34.4 Å². The molecule has 4 rings (SSSR count). The summed E-state index contributed by atoms with van der Waals surface area (Å²) in [6.07, 6.45) is -0.472. The van der Waals surface area contributed by atoms with Gasteiger partial charge in [0, 0.05) is 17.0 Å². The van der Waals surface area contributed by atoms with Gasteiger partial charge in [0.1, 0.15) is 6.10 Å². The first-order chi connectivity index (χ1) is 14.9. The molecule has 1 saturated heterocycles. The Bertz CT molecular complexity index is 990. The van der Waals surface area contributed by atoms with Gasteiger partial charge < -0.3 is 33.2 Å². The maximum atomic E-state index is 12.3. The second-order valence-electron chi connectivity index (χ2n) is 7.53. The average molecular weight is 430 g/mol. The quantitative estimate of drug-likeness (QED) is 0.637. The van der Waals surface area contributed by atoms with E-state index in [9.17, 15) is 4.79 Å². The van der Waals surface area contributed by atoms with Crippen molar-refractivity contribution in [2.24, 2.45) is 11.8 Å². The Morgan fingerprint density at radius 1 is 0.871 bits per heavy atom. The van der Waals surface area contributed by atoms with E-state index in [1.807, 2.05) is 32.0 Å². The monoisotopic (exact) mass is 430 g/mol. The zero-order valence-electron chi connectivity index (χ0n) is 18.4. The standard InChI is InChI=1S/C23H26O8/c1-11-12(2)23(24)31-19(11)14-9-17-21(30-10-29-17)22(28-6)18(14)13-7-15(25-3)20(27-5)16(8-13)26-4/h7-9,11-12,19H,10H2,1-6H3/t11-,12+,19+/m1/s1. The van der Waals surface area contributed by atoms with Crippen molar-refractivity contribution in [1.82, 2.24) is 0 Å². The number of ether oxygens (including phenoxy) is 7. The van der Waals surface area contributed by atoms with Gasteiger partial charge in [0.25, 0.3) is 0 Å². The number of rotatable bonds is 6. The van der Waals surface area contributed by atoms with Crippen molar-refractivity contribution in [3.63, 3.8) is 0 Å². The molecular formula is C23H26O8. The van der Waals surface area contributed by atoms with Gasteiger partial charge in [-0.25, -0.2) is 0 Å². The fourth-order valence-electron chi connectivity index (χ4n) is 4.14. The normalized spacial score (nSPS) is 21.6. The summed E-state index contributed by atoms with van der Waals surface area (Å²) in [6, 6.07) is 5.52. The number of esters is 1. The summed E-state index contributed by atoms with van der Waals surface area (Å²) in [6.45, 7) is 3.95. The number of carbonyl (C=O) groups excluding carboxylic acids is 1. The van der Waals surface area contributed by atoms with E-state index in [1.54, 1.807) is 28.4 Å². The highest BCUT2D eigenvalue weighted by Crippen LogP contribution is 2.55. The summed E-state index contributed by atoms with van der Waals surface area (Å²) in [5.41, 5.74) is 2.22. The van der Waals surface area contributed by atoms with Crippen LogP contribution in [0.1, 0.15) is 25.5 Å². The van der Waals surface area contributed by atoms with Gasteiger partial charge in [-0.15, -0.1) is 0 Å². The summed E-state index contributed by atoms with van der Waals surface area (Å²) < 4.78 is 39.4. The molecule has 2 aromatic rings. The van der Waals surface area contributed by atoms with Crippen molar-refractivity contribution in [3.05, 3.63) is 23.8 Å². The highest BCUT2D eigenvalue weighted by Gasteiger charge is 2.42. The average Bonchev–Trinajstić information content (AvgIpc) is 3.36. The van der Waals surface area contributed by atoms with E-state index in [1.165, 1.54) is 0 Å². The van der Waals surface area contributed by atoms with Crippen molar-refractivity contribution in [2.45, 2.75) is 20.0 Å². The first kappa shape index (κ1) is 21.0. The molecule has 0 aromatic heterocycles. The maximum Gasteiger partial charge on any atom is 0.309 e. The zero-order chi connectivity index (χ0) is 22.3. The van der Waals surface area contributed by atoms with Crippen molar-refractivity contribution in [3.8, 4) is 45.6 Å². The molecule has 0 unspecified atom stereocenters. The molecule has 0 spiro atoms. The van der Waals surface area contributed by atoms with Gasteiger partial charge in [-0.05, 0) is 23.8 Å². The number of carbonyl (C=O) groups is 1. The third-order valence-corrected chi connectivity index (χ3v) is 6.00. The molecule has 2 aliphatic heterocycles. The van der Waals surface area contributed by atoms with E-state index in [2.05, 4.69) is 0 Å². The van der Waals surface area contributed by atoms with Gasteiger partial charge in [-0.1, -0.05) is 13.8 Å². The Balaban J connectivity index is 2.01. The second kappa shape index (κ2) is 8.09. The van der Waals surface area contributed by atoms with E-state index < -0.39 is 6.10 Å². The second-order valence-corrected chi connectivity index (χ2v) is 7.53. The molecule has 0 bridgehead atoms. The third-order valence-electron chi connectivity index (χ3n) is 6.00.